The summed E-state index contributed by atoms with van der Waals surface area (Å²) in [5.41, 5.74) is 3.00. The predicted octanol–water partition coefficient (Wildman–Crippen LogP) is 2.90. The third-order valence-electron chi connectivity index (χ3n) is 7.99. The molecule has 7 nitrogen and oxygen atoms in total. The van der Waals surface area contributed by atoms with E-state index in [-0.39, 0.29) is 17.1 Å². The summed E-state index contributed by atoms with van der Waals surface area (Å²) in [5, 5.41) is 10.2. The molecule has 7 heteroatoms. The summed E-state index contributed by atoms with van der Waals surface area (Å²) in [4.78, 5) is 24.4. The Kier molecular flexibility index (Phi) is 5.95. The van der Waals surface area contributed by atoms with Crippen molar-refractivity contribution in [3.63, 3.8) is 0 Å². The van der Waals surface area contributed by atoms with Gasteiger partial charge in [0.2, 0.25) is 0 Å². The molecule has 1 N–H and O–H groups in total. The van der Waals surface area contributed by atoms with E-state index in [1.54, 1.807) is 12.1 Å². The summed E-state index contributed by atoms with van der Waals surface area (Å²) in [6.07, 6.45) is 7.88. The third-order valence-corrected chi connectivity index (χ3v) is 7.99. The number of aryl methyl sites for hydroxylation is 1. The molecular weight excluding hydrogens is 414 g/mol. The molecule has 1 aliphatic carbocycles. The largest absolute Gasteiger partial charge is 0.507 e. The van der Waals surface area contributed by atoms with Crippen molar-refractivity contribution in [2.24, 2.45) is 5.41 Å². The number of carbonyl (C=O) groups excluding carboxylic acids is 1. The SMILES string of the molecule is Cc1ccc(C(=O)N2CC3(CCC(N4CCc5ncc(CN(C)C)n5CC4)CC3)C2)c(O)c1. The molecule has 33 heavy (non-hydrogen) atoms. The van der Waals surface area contributed by atoms with Gasteiger partial charge < -0.3 is 19.5 Å². The summed E-state index contributed by atoms with van der Waals surface area (Å²) < 4.78 is 2.43. The number of aromatic nitrogens is 2. The molecule has 2 aromatic rings. The molecule has 3 heterocycles. The highest BCUT2D eigenvalue weighted by Gasteiger charge is 2.47. The molecule has 0 radical (unpaired) electrons. The van der Waals surface area contributed by atoms with Crippen molar-refractivity contribution in [3.8, 4) is 5.75 Å². The predicted molar refractivity (Wildman–Crippen MR) is 128 cm³/mol. The van der Waals surface area contributed by atoms with Gasteiger partial charge in [0, 0.05) is 63.3 Å². The fourth-order valence-corrected chi connectivity index (χ4v) is 6.12. The number of rotatable bonds is 4. The summed E-state index contributed by atoms with van der Waals surface area (Å²) in [5.74, 6) is 1.30. The molecule has 0 unspecified atom stereocenters. The minimum Gasteiger partial charge on any atom is -0.507 e. The van der Waals surface area contributed by atoms with Crippen LogP contribution in [-0.2, 0) is 19.5 Å². The van der Waals surface area contributed by atoms with Crippen molar-refractivity contribution in [1.82, 2.24) is 24.3 Å². The minimum absolute atomic E-state index is 0.0317. The lowest BCUT2D eigenvalue weighted by molar-refractivity contribution is -0.0314. The molecule has 1 aromatic heterocycles. The van der Waals surface area contributed by atoms with Gasteiger partial charge in [0.05, 0.1) is 11.3 Å². The van der Waals surface area contributed by atoms with Gasteiger partial charge in [-0.25, -0.2) is 4.98 Å². The van der Waals surface area contributed by atoms with E-state index in [1.807, 2.05) is 17.9 Å². The van der Waals surface area contributed by atoms with Crippen LogP contribution in [0, 0.1) is 12.3 Å². The number of imidazole rings is 1. The van der Waals surface area contributed by atoms with Gasteiger partial charge in [0.15, 0.2) is 0 Å². The second-order valence-corrected chi connectivity index (χ2v) is 10.8. The molecule has 1 spiro atoms. The van der Waals surface area contributed by atoms with Crippen LogP contribution in [0.1, 0.15) is 53.1 Å². The summed E-state index contributed by atoms with van der Waals surface area (Å²) in [7, 11) is 4.22. The second kappa shape index (κ2) is 8.76. The number of benzene rings is 1. The number of nitrogens with zero attached hydrogens (tertiary/aromatic N) is 5. The van der Waals surface area contributed by atoms with Crippen molar-refractivity contribution in [2.75, 3.05) is 40.3 Å². The maximum atomic E-state index is 12.9. The Morgan fingerprint density at radius 2 is 1.94 bits per heavy atom. The van der Waals surface area contributed by atoms with Crippen molar-refractivity contribution in [3.05, 3.63) is 47.0 Å². The Morgan fingerprint density at radius 1 is 1.18 bits per heavy atom. The average Bonchev–Trinajstić information content (AvgIpc) is 2.99. The number of fused-ring (bicyclic) bond motifs is 1. The van der Waals surface area contributed by atoms with Gasteiger partial charge in [-0.3, -0.25) is 9.69 Å². The molecule has 2 aliphatic heterocycles. The van der Waals surface area contributed by atoms with Gasteiger partial charge in [0.25, 0.3) is 5.91 Å². The number of likely N-dealkylation sites (tertiary alicyclic amines) is 1. The first-order valence-electron chi connectivity index (χ1n) is 12.3. The fraction of sp³-hybridized carbons (Fsp3) is 0.615. The zero-order valence-corrected chi connectivity index (χ0v) is 20.3. The molecule has 1 saturated heterocycles. The number of phenols is 1. The van der Waals surface area contributed by atoms with E-state index in [0.29, 0.717) is 11.6 Å². The van der Waals surface area contributed by atoms with Gasteiger partial charge in [-0.2, -0.15) is 0 Å². The Hall–Kier alpha value is -2.38. The summed E-state index contributed by atoms with van der Waals surface area (Å²) >= 11 is 0. The van der Waals surface area contributed by atoms with Gasteiger partial charge in [-0.1, -0.05) is 6.07 Å². The zero-order chi connectivity index (χ0) is 23.2. The molecule has 178 valence electrons. The highest BCUT2D eigenvalue weighted by atomic mass is 16.3. The summed E-state index contributed by atoms with van der Waals surface area (Å²) in [6, 6.07) is 5.96. The first kappa shape index (κ1) is 22.4. The van der Waals surface area contributed by atoms with E-state index in [9.17, 15) is 9.90 Å². The van der Waals surface area contributed by atoms with E-state index >= 15 is 0 Å². The van der Waals surface area contributed by atoms with Crippen LogP contribution in [0.4, 0.5) is 0 Å². The van der Waals surface area contributed by atoms with E-state index in [4.69, 9.17) is 4.98 Å². The third kappa shape index (κ3) is 4.41. The van der Waals surface area contributed by atoms with Gasteiger partial charge in [-0.15, -0.1) is 0 Å². The molecule has 0 atom stereocenters. The Labute approximate surface area is 197 Å². The van der Waals surface area contributed by atoms with Gasteiger partial charge in [0.1, 0.15) is 11.6 Å². The van der Waals surface area contributed by atoms with Crippen LogP contribution < -0.4 is 0 Å². The number of amides is 1. The van der Waals surface area contributed by atoms with Gasteiger partial charge >= 0.3 is 0 Å². The molecule has 2 fully saturated rings. The molecule has 1 saturated carbocycles. The maximum absolute atomic E-state index is 12.9. The number of hydrogen-bond acceptors (Lipinski definition) is 5. The lowest BCUT2D eigenvalue weighted by Crippen LogP contribution is -2.60. The van der Waals surface area contributed by atoms with Gasteiger partial charge in [-0.05, 0) is 64.4 Å². The lowest BCUT2D eigenvalue weighted by Gasteiger charge is -2.54. The summed E-state index contributed by atoms with van der Waals surface area (Å²) in [6.45, 7) is 7.74. The van der Waals surface area contributed by atoms with Crippen LogP contribution in [0.25, 0.3) is 0 Å². The smallest absolute Gasteiger partial charge is 0.257 e. The van der Waals surface area contributed by atoms with Crippen molar-refractivity contribution >= 4 is 5.91 Å². The number of carbonyl (C=O) groups is 1. The minimum atomic E-state index is -0.0317. The van der Waals surface area contributed by atoms with E-state index in [0.717, 1.165) is 51.3 Å². The molecule has 1 amide bonds. The molecular formula is C26H37N5O2. The second-order valence-electron chi connectivity index (χ2n) is 10.8. The number of phenolic OH excluding ortho intramolecular Hbond substituents is 1. The van der Waals surface area contributed by atoms with Crippen LogP contribution in [0.3, 0.4) is 0 Å². The fourth-order valence-electron chi connectivity index (χ4n) is 6.12. The van der Waals surface area contributed by atoms with Crippen LogP contribution in [0.2, 0.25) is 0 Å². The number of hydrogen-bond donors (Lipinski definition) is 1. The molecule has 0 bridgehead atoms. The topological polar surface area (TPSA) is 64.8 Å². The van der Waals surface area contributed by atoms with Crippen molar-refractivity contribution in [2.45, 2.75) is 58.2 Å². The molecule has 1 aromatic carbocycles. The standard InChI is InChI=1S/C26H37N5O2/c1-19-4-5-22(23(32)14-19)25(33)30-17-26(18-30)9-6-20(7-10-26)29-11-8-24-27-15-21(16-28(2)3)31(24)13-12-29/h4-5,14-15,20,32H,6-13,16-18H2,1-3H3. The highest BCUT2D eigenvalue weighted by Crippen LogP contribution is 2.45. The highest BCUT2D eigenvalue weighted by molar-refractivity contribution is 5.97. The molecule has 5 rings (SSSR count). The maximum Gasteiger partial charge on any atom is 0.257 e. The van der Waals surface area contributed by atoms with Crippen LogP contribution in [-0.4, -0.2) is 81.6 Å². The normalized spacial score (nSPS) is 21.2. The van der Waals surface area contributed by atoms with E-state index in [2.05, 4.69) is 34.7 Å². The number of aromatic hydroxyl groups is 1. The first-order valence-corrected chi connectivity index (χ1v) is 12.3. The lowest BCUT2D eigenvalue weighted by atomic mass is 9.67. The van der Waals surface area contributed by atoms with Crippen molar-refractivity contribution in [1.29, 1.82) is 0 Å². The Balaban J connectivity index is 1.14. The van der Waals surface area contributed by atoms with Crippen molar-refractivity contribution < 1.29 is 9.90 Å². The first-order chi connectivity index (χ1) is 15.8. The zero-order valence-electron chi connectivity index (χ0n) is 20.3. The monoisotopic (exact) mass is 451 g/mol. The average molecular weight is 452 g/mol. The van der Waals surface area contributed by atoms with Crippen LogP contribution in [0.15, 0.2) is 24.4 Å². The van der Waals surface area contributed by atoms with Crippen LogP contribution in [0.5, 0.6) is 5.75 Å². The Morgan fingerprint density at radius 3 is 2.64 bits per heavy atom. The van der Waals surface area contributed by atoms with E-state index in [1.165, 1.54) is 37.2 Å². The van der Waals surface area contributed by atoms with Crippen LogP contribution >= 0.6 is 0 Å². The van der Waals surface area contributed by atoms with E-state index < -0.39 is 0 Å². The molecule has 3 aliphatic rings. The quantitative estimate of drug-likeness (QED) is 0.774. The Bertz CT molecular complexity index is 1010.